The maximum absolute atomic E-state index is 13.2. The molecule has 0 radical (unpaired) electrons. The van der Waals surface area contributed by atoms with E-state index in [-0.39, 0.29) is 12.5 Å². The lowest BCUT2D eigenvalue weighted by atomic mass is 10.0. The summed E-state index contributed by atoms with van der Waals surface area (Å²) in [5.74, 6) is -3.56. The van der Waals surface area contributed by atoms with Crippen molar-refractivity contribution in [2.24, 2.45) is 5.73 Å². The molecule has 1 aromatic heterocycles. The zero-order chi connectivity index (χ0) is 39.4. The fourth-order valence-electron chi connectivity index (χ4n) is 6.82. The van der Waals surface area contributed by atoms with Gasteiger partial charge in [0, 0.05) is 31.8 Å². The lowest BCUT2D eigenvalue weighted by Crippen LogP contribution is -2.54. The first-order valence-electron chi connectivity index (χ1n) is 18.8. The number of unbranched alkanes of at least 4 members (excludes halogenated alkanes) is 8. The van der Waals surface area contributed by atoms with Gasteiger partial charge in [-0.25, -0.2) is 4.79 Å². The normalized spacial score (nSPS) is 28.9. The molecule has 0 spiro atoms. The number of carbonyl (C=O) groups excluding carboxylic acids is 4. The zero-order valence-electron chi connectivity index (χ0n) is 31.1. The fraction of sp³-hybridized carbons (Fsp3) is 0.722. The highest BCUT2D eigenvalue weighted by molar-refractivity contribution is 5.95. The summed E-state index contributed by atoms with van der Waals surface area (Å²) in [6, 6.07) is 0.0785. The first-order chi connectivity index (χ1) is 25.8. The van der Waals surface area contributed by atoms with Crippen molar-refractivity contribution in [2.75, 3.05) is 7.11 Å². The van der Waals surface area contributed by atoms with Crippen LogP contribution in [0.4, 0.5) is 0 Å². The van der Waals surface area contributed by atoms with Crippen LogP contribution in [-0.2, 0) is 42.9 Å². The van der Waals surface area contributed by atoms with E-state index in [2.05, 4.69) is 22.5 Å². The van der Waals surface area contributed by atoms with Gasteiger partial charge in [0.05, 0.1) is 0 Å². The van der Waals surface area contributed by atoms with Crippen LogP contribution in [0.15, 0.2) is 33.7 Å². The second-order valence-electron chi connectivity index (χ2n) is 14.1. The molecule has 3 aliphatic rings. The van der Waals surface area contributed by atoms with Crippen molar-refractivity contribution in [3.8, 4) is 0 Å². The molecule has 3 amide bonds. The molecule has 0 aliphatic carbocycles. The van der Waals surface area contributed by atoms with Crippen LogP contribution in [0.2, 0.25) is 0 Å². The van der Waals surface area contributed by atoms with Crippen LogP contribution >= 0.6 is 0 Å². The molecule has 54 heavy (non-hydrogen) atoms. The maximum atomic E-state index is 13.2. The number of nitrogens with zero attached hydrogens (tertiary/aromatic N) is 1. The Kier molecular flexibility index (Phi) is 16.2. The molecule has 18 heteroatoms. The molecule has 10 atom stereocenters. The summed E-state index contributed by atoms with van der Waals surface area (Å²) >= 11 is 0. The Bertz CT molecular complexity index is 1580. The number of methoxy groups -OCH3 is 1. The lowest BCUT2D eigenvalue weighted by molar-refractivity contribution is -0.241. The van der Waals surface area contributed by atoms with Crippen molar-refractivity contribution in [1.82, 2.24) is 20.2 Å². The van der Waals surface area contributed by atoms with Gasteiger partial charge < -0.3 is 50.3 Å². The fourth-order valence-corrected chi connectivity index (χ4v) is 6.82. The molecular formula is C36H55N5O13. The Hall–Kier alpha value is -4.10. The molecule has 0 aromatic carbocycles. The number of nitrogens with two attached hydrogens (primary N) is 1. The number of aliphatic hydroxyl groups excluding tert-OH is 2. The summed E-state index contributed by atoms with van der Waals surface area (Å²) in [6.07, 6.45) is 0.199. The predicted molar refractivity (Wildman–Crippen MR) is 190 cm³/mol. The zero-order valence-corrected chi connectivity index (χ0v) is 31.1. The number of hydrogen-bond donors (Lipinski definition) is 6. The van der Waals surface area contributed by atoms with Gasteiger partial charge in [-0.15, -0.1) is 0 Å². The third-order valence-corrected chi connectivity index (χ3v) is 9.79. The van der Waals surface area contributed by atoms with Crippen LogP contribution in [0.5, 0.6) is 0 Å². The predicted octanol–water partition coefficient (Wildman–Crippen LogP) is 0.288. The highest BCUT2D eigenvalue weighted by Crippen LogP contribution is 2.36. The largest absolute Gasteiger partial charge is 0.456 e. The van der Waals surface area contributed by atoms with Crippen LogP contribution in [0.25, 0.3) is 0 Å². The average molecular weight is 766 g/mol. The molecular weight excluding hydrogens is 710 g/mol. The molecule has 0 saturated carbocycles. The summed E-state index contributed by atoms with van der Waals surface area (Å²) in [7, 11) is 1.24. The van der Waals surface area contributed by atoms with E-state index >= 15 is 0 Å². The quantitative estimate of drug-likeness (QED) is 0.0819. The van der Waals surface area contributed by atoms with E-state index in [1.807, 2.05) is 6.92 Å². The minimum atomic E-state index is -1.88. The van der Waals surface area contributed by atoms with Crippen molar-refractivity contribution in [3.05, 3.63) is 44.9 Å². The molecule has 2 saturated heterocycles. The van der Waals surface area contributed by atoms with Crippen molar-refractivity contribution < 1.29 is 53.1 Å². The molecule has 4 heterocycles. The number of aliphatic hydroxyl groups is 2. The third-order valence-electron chi connectivity index (χ3n) is 9.79. The number of carbonyl (C=O) groups is 4. The second-order valence-corrected chi connectivity index (χ2v) is 14.1. The number of hydrogen-bond acceptors (Lipinski definition) is 13. The summed E-state index contributed by atoms with van der Waals surface area (Å²) in [6.45, 7) is 4.01. The number of primary amides is 1. The molecule has 4 rings (SSSR count). The number of esters is 1. The molecule has 7 N–H and O–H groups in total. The standard InChI is InChI=1S/C36H55N5O13/c1-4-5-6-7-8-9-10-11-12-16-25(44)52-30-27(50-3)28(53-34(30)41-18-17-24(43)40-36(41)49)29(31(37)46)54-35-26(45)22(42)19-23(51-35)33(48)39-21-15-13-14-20(2)38-32(21)47/h17-22,26-30,34-35,42,45H,4-16H2,1-3H3,(H2,37,46)(H,38,47)(H,39,48)(H,40,43,49)/t20-,21-,22-,26-,27+,28-,29+,30+,34+,35+/m0/s1. The molecule has 0 unspecified atom stereocenters. The van der Waals surface area contributed by atoms with Gasteiger partial charge in [-0.3, -0.25) is 33.5 Å². The minimum absolute atomic E-state index is 0.0507. The number of aromatic amines is 1. The van der Waals surface area contributed by atoms with Gasteiger partial charge in [0.15, 0.2) is 24.2 Å². The van der Waals surface area contributed by atoms with Gasteiger partial charge in [0.25, 0.3) is 11.5 Å². The SMILES string of the molecule is CCCCCCCCCCCC(=O)O[C@@H]1[C@H](OC)[C@@H]([C@@H](O[C@H]2OC(C(=O)N[C@H]3CCC[C@H](C)NC3=O)=C[C@H](O)[C@@H]2O)C(N)=O)O[C@H]1n1ccc(=O)[nH]c1=O. The molecule has 302 valence electrons. The Morgan fingerprint density at radius 3 is 2.37 bits per heavy atom. The molecule has 0 bridgehead atoms. The van der Waals surface area contributed by atoms with Crippen molar-refractivity contribution in [1.29, 1.82) is 0 Å². The minimum Gasteiger partial charge on any atom is -0.456 e. The van der Waals surface area contributed by atoms with Gasteiger partial charge >= 0.3 is 11.7 Å². The van der Waals surface area contributed by atoms with Gasteiger partial charge in [-0.2, -0.15) is 0 Å². The molecule has 1 aromatic rings. The highest BCUT2D eigenvalue weighted by Gasteiger charge is 2.54. The van der Waals surface area contributed by atoms with Crippen LogP contribution in [0.3, 0.4) is 0 Å². The molecule has 18 nitrogen and oxygen atoms in total. The topological polar surface area (TPSA) is 260 Å². The number of aromatic nitrogens is 2. The first-order valence-corrected chi connectivity index (χ1v) is 18.8. The number of rotatable bonds is 19. The first kappa shape index (κ1) is 42.6. The van der Waals surface area contributed by atoms with Crippen LogP contribution in [0, 0.1) is 0 Å². The summed E-state index contributed by atoms with van der Waals surface area (Å²) in [4.78, 5) is 78.7. The smallest absolute Gasteiger partial charge is 0.330 e. The highest BCUT2D eigenvalue weighted by atomic mass is 16.7. The van der Waals surface area contributed by atoms with Gasteiger partial charge in [-0.1, -0.05) is 58.3 Å². The van der Waals surface area contributed by atoms with Crippen LogP contribution < -0.4 is 27.6 Å². The van der Waals surface area contributed by atoms with Crippen molar-refractivity contribution in [3.63, 3.8) is 0 Å². The van der Waals surface area contributed by atoms with Crippen LogP contribution in [-0.4, -0.2) is 106 Å². The van der Waals surface area contributed by atoms with Crippen molar-refractivity contribution >= 4 is 23.7 Å². The third kappa shape index (κ3) is 11.5. The summed E-state index contributed by atoms with van der Waals surface area (Å²) < 4.78 is 29.9. The van der Waals surface area contributed by atoms with E-state index in [1.54, 1.807) is 0 Å². The maximum Gasteiger partial charge on any atom is 0.330 e. The van der Waals surface area contributed by atoms with Crippen molar-refractivity contribution in [2.45, 2.75) is 159 Å². The Labute approximate surface area is 313 Å². The van der Waals surface area contributed by atoms with Crippen LogP contribution in [0.1, 0.15) is 104 Å². The van der Waals surface area contributed by atoms with Gasteiger partial charge in [-0.05, 0) is 38.7 Å². The monoisotopic (exact) mass is 765 g/mol. The van der Waals surface area contributed by atoms with Gasteiger partial charge in [0.2, 0.25) is 18.1 Å². The van der Waals surface area contributed by atoms with Gasteiger partial charge in [0.1, 0.15) is 30.5 Å². The summed E-state index contributed by atoms with van der Waals surface area (Å²) in [5.41, 5.74) is 4.14. The van der Waals surface area contributed by atoms with E-state index in [9.17, 15) is 39.0 Å². The second kappa shape index (κ2) is 20.5. The number of nitrogens with one attached hydrogen (secondary N) is 3. The van der Waals surface area contributed by atoms with E-state index in [0.29, 0.717) is 19.3 Å². The van der Waals surface area contributed by atoms with E-state index in [1.165, 1.54) is 32.8 Å². The number of ether oxygens (including phenoxy) is 5. The number of amides is 3. The van der Waals surface area contributed by atoms with E-state index < -0.39 is 95.9 Å². The lowest BCUT2D eigenvalue weighted by Gasteiger charge is -2.35. The molecule has 2 fully saturated rings. The Morgan fingerprint density at radius 2 is 1.72 bits per heavy atom. The molecule has 3 aliphatic heterocycles. The Morgan fingerprint density at radius 1 is 1.04 bits per heavy atom. The average Bonchev–Trinajstić information content (AvgIpc) is 3.38. The summed E-state index contributed by atoms with van der Waals surface area (Å²) in [5, 5.41) is 26.8. The Balaban J connectivity index is 1.48. The number of H-pyrrole nitrogens is 1. The van der Waals surface area contributed by atoms with E-state index in [4.69, 9.17) is 29.4 Å². The van der Waals surface area contributed by atoms with E-state index in [0.717, 1.165) is 55.0 Å².